The molecule has 0 unspecified atom stereocenters. The average molecular weight is 335 g/mol. The maximum absolute atomic E-state index is 5.56. The highest BCUT2D eigenvalue weighted by Gasteiger charge is 2.06. The molecule has 0 aliphatic heterocycles. The van der Waals surface area contributed by atoms with Gasteiger partial charge in [0, 0.05) is 33.3 Å². The highest BCUT2D eigenvalue weighted by Crippen LogP contribution is 2.13. The third kappa shape index (κ3) is 8.20. The van der Waals surface area contributed by atoms with E-state index in [9.17, 15) is 0 Å². The molecular weight excluding hydrogens is 302 g/mol. The lowest BCUT2D eigenvalue weighted by atomic mass is 10.2. The van der Waals surface area contributed by atoms with E-state index in [1.165, 1.54) is 5.56 Å². The molecule has 1 aromatic carbocycles. The fraction of sp³-hybridized carbons (Fsp3) is 0.632. The number of nitrogens with one attached hydrogen (secondary N) is 1. The van der Waals surface area contributed by atoms with Gasteiger partial charge in [-0.3, -0.25) is 4.99 Å². The van der Waals surface area contributed by atoms with E-state index in [4.69, 9.17) is 9.47 Å². The first-order chi connectivity index (χ1) is 11.6. The predicted molar refractivity (Wildman–Crippen MR) is 101 cm³/mol. The van der Waals surface area contributed by atoms with Gasteiger partial charge < -0.3 is 19.7 Å². The maximum Gasteiger partial charge on any atom is 0.193 e. The lowest BCUT2D eigenvalue weighted by Crippen LogP contribution is -2.38. The number of ether oxygens (including phenoxy) is 2. The van der Waals surface area contributed by atoms with Crippen molar-refractivity contribution in [1.82, 2.24) is 10.2 Å². The fourth-order valence-corrected chi connectivity index (χ4v) is 2.24. The first-order valence-electron chi connectivity index (χ1n) is 8.89. The van der Waals surface area contributed by atoms with E-state index in [1.807, 2.05) is 19.1 Å². The Balaban J connectivity index is 2.53. The van der Waals surface area contributed by atoms with Crippen LogP contribution in [0.15, 0.2) is 29.3 Å². The van der Waals surface area contributed by atoms with Gasteiger partial charge in [-0.05, 0) is 51.8 Å². The van der Waals surface area contributed by atoms with E-state index in [0.717, 1.165) is 44.4 Å². The van der Waals surface area contributed by atoms with Gasteiger partial charge in [-0.2, -0.15) is 0 Å². The Morgan fingerprint density at radius 3 is 2.50 bits per heavy atom. The van der Waals surface area contributed by atoms with Crippen molar-refractivity contribution in [3.63, 3.8) is 0 Å². The highest BCUT2D eigenvalue weighted by atomic mass is 16.5. The van der Waals surface area contributed by atoms with Crippen LogP contribution in [0.3, 0.4) is 0 Å². The summed E-state index contributed by atoms with van der Waals surface area (Å²) < 4.78 is 11.0. The first-order valence-corrected chi connectivity index (χ1v) is 8.89. The SMILES string of the molecule is CCNC(=NCCCOC(C)C)N(C)Cc1ccc(OCC)cc1. The van der Waals surface area contributed by atoms with Crippen LogP contribution in [0.5, 0.6) is 5.75 Å². The molecule has 0 aliphatic rings. The van der Waals surface area contributed by atoms with E-state index in [1.54, 1.807) is 0 Å². The van der Waals surface area contributed by atoms with Gasteiger partial charge >= 0.3 is 0 Å². The van der Waals surface area contributed by atoms with E-state index in [0.29, 0.717) is 6.61 Å². The molecule has 0 radical (unpaired) electrons. The van der Waals surface area contributed by atoms with Crippen LogP contribution in [0, 0.1) is 0 Å². The average Bonchev–Trinajstić information content (AvgIpc) is 2.55. The summed E-state index contributed by atoms with van der Waals surface area (Å²) in [5.74, 6) is 1.84. The molecule has 0 spiro atoms. The second kappa shape index (κ2) is 11.7. The molecule has 0 heterocycles. The molecular formula is C19H33N3O2. The number of benzene rings is 1. The highest BCUT2D eigenvalue weighted by molar-refractivity contribution is 5.79. The molecule has 136 valence electrons. The van der Waals surface area contributed by atoms with Crippen LogP contribution in [0.1, 0.15) is 39.7 Å². The molecule has 0 bridgehead atoms. The predicted octanol–water partition coefficient (Wildman–Crippen LogP) is 3.30. The smallest absolute Gasteiger partial charge is 0.193 e. The number of nitrogens with zero attached hydrogens (tertiary/aromatic N) is 2. The topological polar surface area (TPSA) is 46.1 Å². The maximum atomic E-state index is 5.56. The van der Waals surface area contributed by atoms with E-state index in [2.05, 4.69) is 55.2 Å². The zero-order valence-corrected chi connectivity index (χ0v) is 15.8. The van der Waals surface area contributed by atoms with Gasteiger partial charge in [0.15, 0.2) is 5.96 Å². The van der Waals surface area contributed by atoms with Gasteiger partial charge in [0.05, 0.1) is 12.7 Å². The quantitative estimate of drug-likeness (QED) is 0.405. The summed E-state index contributed by atoms with van der Waals surface area (Å²) in [7, 11) is 2.06. The van der Waals surface area contributed by atoms with Crippen molar-refractivity contribution in [2.24, 2.45) is 4.99 Å². The van der Waals surface area contributed by atoms with Crippen LogP contribution in [0.4, 0.5) is 0 Å². The summed E-state index contributed by atoms with van der Waals surface area (Å²) in [5.41, 5.74) is 1.23. The van der Waals surface area contributed by atoms with Gasteiger partial charge in [0.1, 0.15) is 5.75 Å². The molecule has 0 aliphatic carbocycles. The van der Waals surface area contributed by atoms with Crippen molar-refractivity contribution in [3.05, 3.63) is 29.8 Å². The summed E-state index contributed by atoms with van der Waals surface area (Å²) in [4.78, 5) is 6.82. The molecule has 0 saturated carbocycles. The Labute approximate surface area is 147 Å². The number of aliphatic imine (C=N–C) groups is 1. The standard InChI is InChI=1S/C19H33N3O2/c1-6-20-19(21-13-8-14-24-16(3)4)22(5)15-17-9-11-18(12-10-17)23-7-2/h9-12,16H,6-8,13-15H2,1-5H3,(H,20,21). The summed E-state index contributed by atoms with van der Waals surface area (Å²) in [6, 6.07) is 8.23. The zero-order valence-electron chi connectivity index (χ0n) is 15.8. The van der Waals surface area contributed by atoms with Crippen molar-refractivity contribution in [3.8, 4) is 5.75 Å². The van der Waals surface area contributed by atoms with Crippen LogP contribution < -0.4 is 10.1 Å². The Kier molecular flexibility index (Phi) is 9.92. The lowest BCUT2D eigenvalue weighted by molar-refractivity contribution is 0.0782. The Bertz CT molecular complexity index is 472. The van der Waals surface area contributed by atoms with Crippen LogP contribution in [0.2, 0.25) is 0 Å². The fourth-order valence-electron chi connectivity index (χ4n) is 2.24. The van der Waals surface area contributed by atoms with E-state index in [-0.39, 0.29) is 6.10 Å². The largest absolute Gasteiger partial charge is 0.494 e. The van der Waals surface area contributed by atoms with Crippen LogP contribution >= 0.6 is 0 Å². The molecule has 1 rings (SSSR count). The number of guanidine groups is 1. The second-order valence-electron chi connectivity index (χ2n) is 5.94. The van der Waals surface area contributed by atoms with Crippen molar-refractivity contribution >= 4 is 5.96 Å². The van der Waals surface area contributed by atoms with Gasteiger partial charge in [0.2, 0.25) is 0 Å². The molecule has 0 atom stereocenters. The summed E-state index contributed by atoms with van der Waals surface area (Å²) >= 11 is 0. The van der Waals surface area contributed by atoms with Crippen molar-refractivity contribution in [2.75, 3.05) is 33.4 Å². The van der Waals surface area contributed by atoms with Crippen LogP contribution in [-0.4, -0.2) is 50.3 Å². The molecule has 24 heavy (non-hydrogen) atoms. The summed E-state index contributed by atoms with van der Waals surface area (Å²) in [6.45, 7) is 12.1. The minimum Gasteiger partial charge on any atom is -0.494 e. The van der Waals surface area contributed by atoms with Gasteiger partial charge in [-0.25, -0.2) is 0 Å². The number of rotatable bonds is 10. The first kappa shape index (κ1) is 20.3. The van der Waals surface area contributed by atoms with E-state index >= 15 is 0 Å². The van der Waals surface area contributed by atoms with Gasteiger partial charge in [-0.15, -0.1) is 0 Å². The van der Waals surface area contributed by atoms with Gasteiger partial charge in [-0.1, -0.05) is 12.1 Å². The molecule has 5 nitrogen and oxygen atoms in total. The molecule has 0 fully saturated rings. The molecule has 5 heteroatoms. The Morgan fingerprint density at radius 2 is 1.92 bits per heavy atom. The lowest BCUT2D eigenvalue weighted by Gasteiger charge is -2.22. The minimum atomic E-state index is 0.282. The third-order valence-electron chi connectivity index (χ3n) is 3.37. The van der Waals surface area contributed by atoms with Gasteiger partial charge in [0.25, 0.3) is 0 Å². The molecule has 1 aromatic rings. The van der Waals surface area contributed by atoms with E-state index < -0.39 is 0 Å². The van der Waals surface area contributed by atoms with Crippen LogP contribution in [0.25, 0.3) is 0 Å². The molecule has 0 amide bonds. The third-order valence-corrected chi connectivity index (χ3v) is 3.37. The summed E-state index contributed by atoms with van der Waals surface area (Å²) in [5, 5.41) is 3.34. The number of hydrogen-bond donors (Lipinski definition) is 1. The summed E-state index contributed by atoms with van der Waals surface area (Å²) in [6.07, 6.45) is 1.22. The van der Waals surface area contributed by atoms with Crippen LogP contribution in [-0.2, 0) is 11.3 Å². The van der Waals surface area contributed by atoms with Crippen molar-refractivity contribution in [2.45, 2.75) is 46.8 Å². The van der Waals surface area contributed by atoms with Crippen molar-refractivity contribution < 1.29 is 9.47 Å². The zero-order chi connectivity index (χ0) is 17.8. The molecule has 0 aromatic heterocycles. The minimum absolute atomic E-state index is 0.282. The molecule has 1 N–H and O–H groups in total. The Hall–Kier alpha value is -1.75. The number of hydrogen-bond acceptors (Lipinski definition) is 3. The van der Waals surface area contributed by atoms with Crippen molar-refractivity contribution in [1.29, 1.82) is 0 Å². The normalized spacial score (nSPS) is 11.7. The Morgan fingerprint density at radius 1 is 1.21 bits per heavy atom. The molecule has 0 saturated heterocycles. The second-order valence-corrected chi connectivity index (χ2v) is 5.94. The monoisotopic (exact) mass is 335 g/mol.